The molecule has 0 aliphatic rings. The maximum Gasteiger partial charge on any atom is 0.0548 e. The van der Waals surface area contributed by atoms with E-state index in [1.165, 1.54) is 38.4 Å². The minimum Gasteiger partial charge on any atom is -0.309 e. The van der Waals surface area contributed by atoms with Crippen LogP contribution in [0.1, 0.15) is 27.7 Å². The lowest BCUT2D eigenvalue weighted by atomic mass is 10.1. The van der Waals surface area contributed by atoms with Crippen LogP contribution in [-0.4, -0.2) is 8.97 Å². The van der Waals surface area contributed by atoms with Gasteiger partial charge >= 0.3 is 0 Å². The summed E-state index contributed by atoms with van der Waals surface area (Å²) in [5.41, 5.74) is 5.93. The van der Waals surface area contributed by atoms with E-state index in [0.29, 0.717) is 0 Å². The van der Waals surface area contributed by atoms with E-state index in [2.05, 4.69) is 115 Å². The highest BCUT2D eigenvalue weighted by Gasteiger charge is 2.18. The van der Waals surface area contributed by atoms with Gasteiger partial charge in [-0.3, -0.25) is 0 Å². The third kappa shape index (κ3) is 4.50. The monoisotopic (exact) mass is 496 g/mol. The molecular weight excluding hydrogens is 460 g/mol. The maximum absolute atomic E-state index is 4.49. The van der Waals surface area contributed by atoms with Crippen molar-refractivity contribution in [1.82, 2.24) is 8.97 Å². The number of nitrogens with zero attached hydrogens (tertiary/aromatic N) is 2. The van der Waals surface area contributed by atoms with Crippen molar-refractivity contribution < 1.29 is 0 Å². The zero-order valence-corrected chi connectivity index (χ0v) is 22.9. The van der Waals surface area contributed by atoms with E-state index in [1.807, 2.05) is 45.1 Å². The summed E-state index contributed by atoms with van der Waals surface area (Å²) in [6, 6.07) is 25.8. The van der Waals surface area contributed by atoms with Crippen molar-refractivity contribution in [2.45, 2.75) is 27.7 Å². The molecule has 3 aromatic carbocycles. The lowest BCUT2D eigenvalue weighted by Gasteiger charge is -2.07. The van der Waals surface area contributed by atoms with Crippen LogP contribution in [0.3, 0.4) is 0 Å². The fourth-order valence-corrected chi connectivity index (χ4v) is 5.03. The van der Waals surface area contributed by atoms with E-state index < -0.39 is 0 Å². The molecule has 0 radical (unpaired) electrons. The summed E-state index contributed by atoms with van der Waals surface area (Å²) in [4.78, 5) is 0. The molecule has 0 bridgehead atoms. The second kappa shape index (κ2) is 11.7. The Labute approximate surface area is 225 Å². The highest BCUT2D eigenvalue weighted by Crippen LogP contribution is 2.35. The van der Waals surface area contributed by atoms with Gasteiger partial charge in [0.25, 0.3) is 0 Å². The predicted octanol–water partition coefficient (Wildman–Crippen LogP) is 7.86. The van der Waals surface area contributed by atoms with Crippen LogP contribution in [0.2, 0.25) is 0 Å². The summed E-state index contributed by atoms with van der Waals surface area (Å²) >= 11 is 0. The topological polar surface area (TPSA) is 9.34 Å². The number of hydrogen-bond acceptors (Lipinski definition) is 0. The standard InChI is InChI=1S/C27H20N2.C5H8.C4H8/c1-4-21-17(2)16-25-18(3)26-23(29(21)25)14-15-24-27(26)20-12-8-9-13-22(20)28(24)19-10-6-5-7-11-19;1-3-5-4-2;1-3-4-2/h4-16H,2-3H2,1H3;3-5H,1H2,2H3;3-4H,1-2H3/b21-4-;5-4-;4-3-. The molecule has 0 N–H and O–H groups in total. The van der Waals surface area contributed by atoms with Crippen LogP contribution in [-0.2, 0) is 0 Å². The highest BCUT2D eigenvalue weighted by atomic mass is 15.0. The number of hydrogen-bond donors (Lipinski definition) is 0. The van der Waals surface area contributed by atoms with Gasteiger partial charge in [0.2, 0.25) is 0 Å². The smallest absolute Gasteiger partial charge is 0.0548 e. The Hall–Kier alpha value is -4.56. The molecule has 3 heterocycles. The molecule has 0 atom stereocenters. The van der Waals surface area contributed by atoms with E-state index >= 15 is 0 Å². The molecular formula is C36H36N2. The van der Waals surface area contributed by atoms with E-state index in [0.717, 1.165) is 21.3 Å². The van der Waals surface area contributed by atoms with Crippen molar-refractivity contribution >= 4 is 57.5 Å². The van der Waals surface area contributed by atoms with Gasteiger partial charge in [-0.1, -0.05) is 92.6 Å². The third-order valence-corrected chi connectivity index (χ3v) is 6.74. The van der Waals surface area contributed by atoms with Crippen molar-refractivity contribution in [2.24, 2.45) is 0 Å². The van der Waals surface area contributed by atoms with Gasteiger partial charge in [-0.15, -0.1) is 0 Å². The summed E-state index contributed by atoms with van der Waals surface area (Å²) in [6.07, 6.45) is 11.7. The van der Waals surface area contributed by atoms with Crippen LogP contribution < -0.4 is 15.8 Å². The Bertz CT molecular complexity index is 1940. The van der Waals surface area contributed by atoms with Crippen molar-refractivity contribution in [3.8, 4) is 5.69 Å². The van der Waals surface area contributed by atoms with Gasteiger partial charge in [0.1, 0.15) is 0 Å². The Morgan fingerprint density at radius 2 is 1.32 bits per heavy atom. The Balaban J connectivity index is 0.000000327. The molecule has 0 aliphatic carbocycles. The predicted molar refractivity (Wildman–Crippen MR) is 170 cm³/mol. The molecule has 2 heteroatoms. The molecule has 2 nitrogen and oxygen atoms in total. The van der Waals surface area contributed by atoms with Crippen LogP contribution in [0.15, 0.2) is 110 Å². The normalized spacial score (nSPS) is 11.9. The van der Waals surface area contributed by atoms with Crippen LogP contribution in [0, 0.1) is 0 Å². The molecule has 0 saturated carbocycles. The lowest BCUT2D eigenvalue weighted by molar-refractivity contribution is 1.18. The van der Waals surface area contributed by atoms with E-state index in [4.69, 9.17) is 0 Å². The fraction of sp³-hybridized carbons (Fsp3) is 0.111. The van der Waals surface area contributed by atoms with Crippen LogP contribution in [0.5, 0.6) is 0 Å². The number of benzene rings is 3. The maximum atomic E-state index is 4.49. The second-order valence-corrected chi connectivity index (χ2v) is 9.01. The van der Waals surface area contributed by atoms with Crippen LogP contribution in [0.4, 0.5) is 0 Å². The largest absolute Gasteiger partial charge is 0.309 e. The number of fused-ring (bicyclic) bond motifs is 7. The average molecular weight is 497 g/mol. The van der Waals surface area contributed by atoms with Crippen molar-refractivity contribution in [1.29, 1.82) is 0 Å². The fourth-order valence-electron chi connectivity index (χ4n) is 5.03. The Morgan fingerprint density at radius 1 is 0.658 bits per heavy atom. The van der Waals surface area contributed by atoms with E-state index in [9.17, 15) is 0 Å². The van der Waals surface area contributed by atoms with Crippen molar-refractivity contribution in [3.05, 3.63) is 126 Å². The molecule has 3 aromatic heterocycles. The molecule has 0 spiro atoms. The summed E-state index contributed by atoms with van der Waals surface area (Å²) in [7, 11) is 0. The van der Waals surface area contributed by atoms with Gasteiger partial charge in [-0.25, -0.2) is 0 Å². The first-order valence-corrected chi connectivity index (χ1v) is 13.0. The van der Waals surface area contributed by atoms with Gasteiger partial charge < -0.3 is 8.97 Å². The minimum atomic E-state index is 1.04. The summed E-state index contributed by atoms with van der Waals surface area (Å²) in [5, 5.41) is 7.01. The molecule has 6 rings (SSSR count). The third-order valence-electron chi connectivity index (χ3n) is 6.74. The summed E-state index contributed by atoms with van der Waals surface area (Å²) in [6.45, 7) is 20.2. The zero-order valence-electron chi connectivity index (χ0n) is 22.9. The summed E-state index contributed by atoms with van der Waals surface area (Å²) < 4.78 is 4.65. The SMILES string of the molecule is C/C=C\C.C=C/C=C\C.C=c1cc2c(=C)c3c4c5ccccc5n(-c5ccccc5)c4ccc3n2/c1=C\C. The first-order valence-electron chi connectivity index (χ1n) is 13.0. The van der Waals surface area contributed by atoms with Crippen molar-refractivity contribution in [2.75, 3.05) is 0 Å². The van der Waals surface area contributed by atoms with Gasteiger partial charge in [0.05, 0.1) is 22.1 Å². The van der Waals surface area contributed by atoms with Crippen LogP contribution >= 0.6 is 0 Å². The van der Waals surface area contributed by atoms with Gasteiger partial charge in [-0.2, -0.15) is 0 Å². The Morgan fingerprint density at radius 3 is 1.92 bits per heavy atom. The molecule has 0 aliphatic heterocycles. The number of allylic oxidation sites excluding steroid dienone is 5. The molecule has 6 aromatic rings. The van der Waals surface area contributed by atoms with Gasteiger partial charge in [-0.05, 0) is 69.3 Å². The number of aromatic nitrogens is 2. The molecule has 38 heavy (non-hydrogen) atoms. The quantitative estimate of drug-likeness (QED) is 0.170. The molecule has 0 amide bonds. The van der Waals surface area contributed by atoms with E-state index in [1.54, 1.807) is 6.08 Å². The number of rotatable bonds is 2. The molecule has 0 unspecified atom stereocenters. The first kappa shape index (κ1) is 26.5. The number of para-hydroxylation sites is 2. The minimum absolute atomic E-state index is 1.04. The highest BCUT2D eigenvalue weighted by molar-refractivity contribution is 6.22. The molecule has 190 valence electrons. The summed E-state index contributed by atoms with van der Waals surface area (Å²) in [5.74, 6) is 0. The second-order valence-electron chi connectivity index (χ2n) is 9.01. The van der Waals surface area contributed by atoms with Gasteiger partial charge in [0.15, 0.2) is 0 Å². The lowest BCUT2D eigenvalue weighted by Crippen LogP contribution is -2.23. The van der Waals surface area contributed by atoms with Crippen LogP contribution in [0.25, 0.3) is 63.1 Å². The first-order chi connectivity index (χ1) is 18.5. The Kier molecular flexibility index (Phi) is 8.13. The van der Waals surface area contributed by atoms with Gasteiger partial charge in [0, 0.05) is 32.4 Å². The average Bonchev–Trinajstić information content (AvgIpc) is 3.56. The molecule has 0 saturated heterocycles. The molecule has 0 fully saturated rings. The van der Waals surface area contributed by atoms with Crippen molar-refractivity contribution in [3.63, 3.8) is 0 Å². The zero-order chi connectivity index (χ0) is 27.2. The van der Waals surface area contributed by atoms with E-state index in [-0.39, 0.29) is 0 Å².